The summed E-state index contributed by atoms with van der Waals surface area (Å²) in [6, 6.07) is 8.97. The van der Waals surface area contributed by atoms with E-state index in [0.717, 1.165) is 31.4 Å². The fourth-order valence-electron chi connectivity index (χ4n) is 3.95. The van der Waals surface area contributed by atoms with Gasteiger partial charge < -0.3 is 10.4 Å². The Bertz CT molecular complexity index is 554. The van der Waals surface area contributed by atoms with E-state index in [4.69, 9.17) is 0 Å². The summed E-state index contributed by atoms with van der Waals surface area (Å²) in [5, 5.41) is 12.9. The van der Waals surface area contributed by atoms with Crippen molar-refractivity contribution in [3.8, 4) is 0 Å². The normalized spacial score (nSPS) is 31.3. The summed E-state index contributed by atoms with van der Waals surface area (Å²) in [5.41, 5.74) is 1.03. The largest absolute Gasteiger partial charge is 0.477 e. The van der Waals surface area contributed by atoms with Crippen LogP contribution in [0.15, 0.2) is 30.3 Å². The first-order valence-corrected chi connectivity index (χ1v) is 8.05. The second kappa shape index (κ2) is 6.18. The van der Waals surface area contributed by atoms with Crippen LogP contribution in [0.2, 0.25) is 0 Å². The molecule has 1 amide bonds. The molecular weight excluding hydrogens is 280 g/mol. The Morgan fingerprint density at radius 3 is 2.59 bits per heavy atom. The third-order valence-electron chi connectivity index (χ3n) is 5.02. The number of rotatable bonds is 4. The number of aliphatic carboxylic acids is 1. The van der Waals surface area contributed by atoms with Gasteiger partial charge in [0.2, 0.25) is 0 Å². The average molecular weight is 303 g/mol. The smallest absolute Gasteiger partial charge is 0.363 e. The van der Waals surface area contributed by atoms with Crippen LogP contribution in [0.3, 0.4) is 0 Å². The lowest BCUT2D eigenvalue weighted by molar-refractivity contribution is -0.872. The standard InChI is InChI=1S/C17H22N2O3/c20-16(14-8-4-10-18-14)19(11-5-9-15(19)17(21)22)12-13-6-2-1-3-7-13/h1-3,6-7,14-15,18H,4-5,8-12H2/p+1/t14-,15-,19?/m0/s1. The van der Waals surface area contributed by atoms with Crippen molar-refractivity contribution in [2.45, 2.75) is 44.3 Å². The minimum absolute atomic E-state index is 0.0613. The first-order valence-electron chi connectivity index (χ1n) is 8.05. The van der Waals surface area contributed by atoms with Gasteiger partial charge in [0.1, 0.15) is 12.6 Å². The number of likely N-dealkylation sites (tertiary alicyclic amines) is 1. The molecule has 0 spiro atoms. The van der Waals surface area contributed by atoms with Gasteiger partial charge in [-0.2, -0.15) is 0 Å². The van der Waals surface area contributed by atoms with Crippen LogP contribution in [0.4, 0.5) is 0 Å². The second-order valence-corrected chi connectivity index (χ2v) is 6.38. The van der Waals surface area contributed by atoms with Gasteiger partial charge in [-0.25, -0.2) is 14.1 Å². The summed E-state index contributed by atoms with van der Waals surface area (Å²) in [7, 11) is 0. The van der Waals surface area contributed by atoms with Crippen LogP contribution in [0.1, 0.15) is 31.2 Å². The molecule has 2 N–H and O–H groups in total. The molecule has 5 heteroatoms. The van der Waals surface area contributed by atoms with Gasteiger partial charge >= 0.3 is 11.9 Å². The van der Waals surface area contributed by atoms with E-state index in [0.29, 0.717) is 19.5 Å². The number of carboxylic acid groups (broad SMARTS) is 1. The number of quaternary nitrogens is 1. The summed E-state index contributed by atoms with van der Waals surface area (Å²) < 4.78 is 0.0665. The Labute approximate surface area is 130 Å². The Balaban J connectivity index is 1.94. The number of nitrogens with one attached hydrogen (secondary N) is 1. The van der Waals surface area contributed by atoms with Crippen molar-refractivity contribution in [3.63, 3.8) is 0 Å². The molecule has 5 nitrogen and oxygen atoms in total. The van der Waals surface area contributed by atoms with E-state index >= 15 is 0 Å². The molecule has 3 rings (SSSR count). The number of carboxylic acids is 1. The van der Waals surface area contributed by atoms with E-state index in [9.17, 15) is 14.7 Å². The minimum Gasteiger partial charge on any atom is -0.477 e. The molecule has 22 heavy (non-hydrogen) atoms. The van der Waals surface area contributed by atoms with Gasteiger partial charge in [-0.05, 0) is 19.4 Å². The average Bonchev–Trinajstić information content (AvgIpc) is 3.17. The maximum absolute atomic E-state index is 13.1. The lowest BCUT2D eigenvalue weighted by atomic mass is 10.1. The maximum Gasteiger partial charge on any atom is 0.363 e. The number of amides is 1. The molecule has 0 saturated carbocycles. The van der Waals surface area contributed by atoms with Gasteiger partial charge in [0, 0.05) is 18.4 Å². The summed E-state index contributed by atoms with van der Waals surface area (Å²) >= 11 is 0. The van der Waals surface area contributed by atoms with Crippen molar-refractivity contribution < 1.29 is 19.2 Å². The quantitative estimate of drug-likeness (QED) is 0.828. The molecule has 2 aliphatic heterocycles. The molecule has 2 aliphatic rings. The SMILES string of the molecule is O=C(O)[C@@H]1CCC[N+]1(Cc1ccccc1)C(=O)[C@@H]1CCCN1. The molecule has 0 aromatic heterocycles. The highest BCUT2D eigenvalue weighted by Crippen LogP contribution is 2.33. The summed E-state index contributed by atoms with van der Waals surface area (Å²) in [4.78, 5) is 24.9. The van der Waals surface area contributed by atoms with Crippen LogP contribution in [-0.2, 0) is 16.1 Å². The fraction of sp³-hybridized carbons (Fsp3) is 0.529. The van der Waals surface area contributed by atoms with E-state index in [2.05, 4.69) is 5.32 Å². The van der Waals surface area contributed by atoms with Gasteiger partial charge in [0.25, 0.3) is 0 Å². The van der Waals surface area contributed by atoms with Gasteiger partial charge in [-0.1, -0.05) is 30.3 Å². The maximum atomic E-state index is 13.1. The Morgan fingerprint density at radius 1 is 1.18 bits per heavy atom. The van der Waals surface area contributed by atoms with Crippen LogP contribution in [0.5, 0.6) is 0 Å². The zero-order valence-corrected chi connectivity index (χ0v) is 12.7. The van der Waals surface area contributed by atoms with Crippen molar-refractivity contribution >= 4 is 11.9 Å². The lowest BCUT2D eigenvalue weighted by Gasteiger charge is -2.37. The molecule has 118 valence electrons. The minimum atomic E-state index is -0.847. The van der Waals surface area contributed by atoms with Crippen molar-refractivity contribution in [2.75, 3.05) is 13.1 Å². The van der Waals surface area contributed by atoms with Crippen LogP contribution in [0.25, 0.3) is 0 Å². The van der Waals surface area contributed by atoms with E-state index < -0.39 is 12.0 Å². The zero-order chi connectivity index (χ0) is 15.6. The summed E-state index contributed by atoms with van der Waals surface area (Å²) in [6.45, 7) is 1.96. The van der Waals surface area contributed by atoms with E-state index in [-0.39, 0.29) is 16.4 Å². The first-order chi connectivity index (χ1) is 10.6. The fourth-order valence-corrected chi connectivity index (χ4v) is 3.95. The number of carbonyl (C=O) groups excluding carboxylic acids is 1. The molecule has 1 aromatic carbocycles. The molecule has 1 unspecified atom stereocenters. The molecular formula is C17H23N2O3+. The van der Waals surface area contributed by atoms with E-state index in [1.54, 1.807) is 0 Å². The molecule has 0 aliphatic carbocycles. The van der Waals surface area contributed by atoms with Crippen molar-refractivity contribution in [2.24, 2.45) is 0 Å². The van der Waals surface area contributed by atoms with E-state index in [1.165, 1.54) is 0 Å². The number of hydrogen-bond acceptors (Lipinski definition) is 3. The Morgan fingerprint density at radius 2 is 1.95 bits per heavy atom. The van der Waals surface area contributed by atoms with Gasteiger partial charge in [-0.15, -0.1) is 0 Å². The highest BCUT2D eigenvalue weighted by Gasteiger charge is 2.54. The summed E-state index contributed by atoms with van der Waals surface area (Å²) in [6.07, 6.45) is 3.18. The van der Waals surface area contributed by atoms with Crippen LogP contribution < -0.4 is 5.32 Å². The monoisotopic (exact) mass is 303 g/mol. The van der Waals surface area contributed by atoms with Crippen LogP contribution in [0, 0.1) is 0 Å². The van der Waals surface area contributed by atoms with Crippen LogP contribution >= 0.6 is 0 Å². The predicted molar refractivity (Wildman–Crippen MR) is 82.0 cm³/mol. The third-order valence-corrected chi connectivity index (χ3v) is 5.02. The molecule has 3 atom stereocenters. The predicted octanol–water partition coefficient (Wildman–Crippen LogP) is 1.53. The topological polar surface area (TPSA) is 66.4 Å². The zero-order valence-electron chi connectivity index (χ0n) is 12.7. The highest BCUT2D eigenvalue weighted by atomic mass is 16.4. The second-order valence-electron chi connectivity index (χ2n) is 6.38. The lowest BCUT2D eigenvalue weighted by Crippen LogP contribution is -2.62. The number of carbonyl (C=O) groups is 2. The van der Waals surface area contributed by atoms with Crippen molar-refractivity contribution in [1.29, 1.82) is 0 Å². The molecule has 2 heterocycles. The molecule has 0 bridgehead atoms. The first kappa shape index (κ1) is 15.2. The van der Waals surface area contributed by atoms with E-state index in [1.807, 2.05) is 30.3 Å². The van der Waals surface area contributed by atoms with Gasteiger partial charge in [0.05, 0.1) is 6.54 Å². The summed E-state index contributed by atoms with van der Waals surface area (Å²) in [5.74, 6) is -0.786. The number of benzene rings is 1. The number of hydrogen-bond donors (Lipinski definition) is 2. The van der Waals surface area contributed by atoms with Crippen LogP contribution in [-0.4, -0.2) is 46.6 Å². The van der Waals surface area contributed by atoms with Gasteiger partial charge in [-0.3, -0.25) is 0 Å². The highest BCUT2D eigenvalue weighted by molar-refractivity contribution is 5.81. The molecule has 1 aromatic rings. The Kier molecular flexibility index (Phi) is 4.27. The number of nitrogens with zero attached hydrogens (tertiary/aromatic N) is 1. The molecule has 2 fully saturated rings. The Hall–Kier alpha value is -1.72. The van der Waals surface area contributed by atoms with Gasteiger partial charge in [0.15, 0.2) is 6.04 Å². The molecule has 0 radical (unpaired) electrons. The van der Waals surface area contributed by atoms with Crippen molar-refractivity contribution in [1.82, 2.24) is 5.32 Å². The van der Waals surface area contributed by atoms with Crippen molar-refractivity contribution in [3.05, 3.63) is 35.9 Å². The molecule has 2 saturated heterocycles. The third kappa shape index (κ3) is 2.66.